The van der Waals surface area contributed by atoms with Crippen molar-refractivity contribution in [3.8, 4) is 6.19 Å². The van der Waals surface area contributed by atoms with Gasteiger partial charge in [0.1, 0.15) is 6.34 Å². The lowest BCUT2D eigenvalue weighted by Gasteiger charge is -2.31. The molecule has 0 aromatic carbocycles. The molecule has 7 heteroatoms. The molecule has 1 rings (SSSR count). The molecule has 0 amide bonds. The molecular weight excluding hydrogens is 258 g/mol. The predicted octanol–water partition coefficient (Wildman–Crippen LogP) is 2.52. The number of nitriles is 1. The molecule has 15 heavy (non-hydrogen) atoms. The second-order valence-electron chi connectivity index (χ2n) is 3.17. The highest BCUT2D eigenvalue weighted by atomic mass is 35.6. The van der Waals surface area contributed by atoms with Gasteiger partial charge >= 0.3 is 0 Å². The van der Waals surface area contributed by atoms with E-state index in [4.69, 9.17) is 40.1 Å². The fourth-order valence-corrected chi connectivity index (χ4v) is 1.95. The van der Waals surface area contributed by atoms with Gasteiger partial charge in [0.2, 0.25) is 3.79 Å². The summed E-state index contributed by atoms with van der Waals surface area (Å²) in [4.78, 5) is 1.24. The Morgan fingerprint density at radius 1 is 1.53 bits per heavy atom. The van der Waals surface area contributed by atoms with Crippen LogP contribution in [-0.4, -0.2) is 32.8 Å². The minimum Gasteiger partial charge on any atom is -0.268 e. The molecule has 0 fully saturated rings. The number of alkyl halides is 3. The van der Waals surface area contributed by atoms with E-state index in [0.29, 0.717) is 6.54 Å². The van der Waals surface area contributed by atoms with Crippen LogP contribution in [-0.2, 0) is 0 Å². The average Bonchev–Trinajstić information content (AvgIpc) is 2.56. The minimum atomic E-state index is -1.56. The van der Waals surface area contributed by atoms with Crippen LogP contribution in [0.15, 0.2) is 5.10 Å². The molecule has 1 aliphatic rings. The summed E-state index contributed by atoms with van der Waals surface area (Å²) in [5.74, 6) is 0. The Hall–Kier alpha value is -0.370. The highest BCUT2D eigenvalue weighted by molar-refractivity contribution is 6.68. The molecule has 1 unspecified atom stereocenters. The van der Waals surface area contributed by atoms with E-state index in [-0.39, 0.29) is 0 Å². The summed E-state index contributed by atoms with van der Waals surface area (Å²) >= 11 is 17.4. The van der Waals surface area contributed by atoms with Crippen molar-refractivity contribution in [1.29, 1.82) is 5.26 Å². The molecule has 0 saturated carbocycles. The van der Waals surface area contributed by atoms with Crippen molar-refractivity contribution in [1.82, 2.24) is 9.91 Å². The van der Waals surface area contributed by atoms with E-state index in [1.807, 2.05) is 6.19 Å². The molecule has 0 N–H and O–H groups in total. The molecule has 84 valence electrons. The third kappa shape index (κ3) is 3.04. The summed E-state index contributed by atoms with van der Waals surface area (Å²) in [5, 5.41) is 14.5. The van der Waals surface area contributed by atoms with Crippen LogP contribution in [0.1, 0.15) is 19.8 Å². The Morgan fingerprint density at radius 3 is 2.67 bits per heavy atom. The standard InChI is InChI=1S/C8H11Cl3N4/c1-2-3-4-15-7(8(9,10)11)14(5-12)6-13-15/h6-7H,2-4H2,1H3. The summed E-state index contributed by atoms with van der Waals surface area (Å²) in [6, 6.07) is 0. The normalized spacial score (nSPS) is 20.9. The molecule has 1 heterocycles. The van der Waals surface area contributed by atoms with Gasteiger partial charge in [-0.1, -0.05) is 48.1 Å². The maximum atomic E-state index is 8.83. The van der Waals surface area contributed by atoms with E-state index in [9.17, 15) is 0 Å². The topological polar surface area (TPSA) is 42.6 Å². The quantitative estimate of drug-likeness (QED) is 0.584. The van der Waals surface area contributed by atoms with E-state index in [0.717, 1.165) is 12.8 Å². The molecule has 4 nitrogen and oxygen atoms in total. The van der Waals surface area contributed by atoms with Crippen LogP contribution >= 0.6 is 34.8 Å². The first kappa shape index (κ1) is 12.7. The van der Waals surface area contributed by atoms with Crippen LogP contribution in [0.3, 0.4) is 0 Å². The second kappa shape index (κ2) is 5.11. The van der Waals surface area contributed by atoms with Crippen molar-refractivity contribution in [2.24, 2.45) is 5.10 Å². The van der Waals surface area contributed by atoms with Crippen LogP contribution in [0.5, 0.6) is 0 Å². The van der Waals surface area contributed by atoms with Gasteiger partial charge in [0, 0.05) is 6.54 Å². The highest BCUT2D eigenvalue weighted by Gasteiger charge is 2.43. The molecule has 0 aromatic heterocycles. The maximum Gasteiger partial charge on any atom is 0.231 e. The third-order valence-corrected chi connectivity index (χ3v) is 2.60. The van der Waals surface area contributed by atoms with Gasteiger partial charge in [0.25, 0.3) is 0 Å². The summed E-state index contributed by atoms with van der Waals surface area (Å²) < 4.78 is -1.56. The third-order valence-electron chi connectivity index (χ3n) is 2.02. The Morgan fingerprint density at radius 2 is 2.20 bits per heavy atom. The molecule has 0 aromatic rings. The molecule has 0 spiro atoms. The number of hydrogen-bond donors (Lipinski definition) is 0. The number of hydrogen-bond acceptors (Lipinski definition) is 4. The van der Waals surface area contributed by atoms with Gasteiger partial charge in [0.15, 0.2) is 12.4 Å². The number of hydrazone groups is 1. The molecular formula is C8H11Cl3N4. The van der Waals surface area contributed by atoms with Gasteiger partial charge in [0.05, 0.1) is 0 Å². The van der Waals surface area contributed by atoms with Gasteiger partial charge in [-0.15, -0.1) is 0 Å². The van der Waals surface area contributed by atoms with Crippen molar-refractivity contribution >= 4 is 41.1 Å². The molecule has 0 bridgehead atoms. The lowest BCUT2D eigenvalue weighted by Crippen LogP contribution is -2.47. The van der Waals surface area contributed by atoms with E-state index in [2.05, 4.69) is 12.0 Å². The van der Waals surface area contributed by atoms with Crippen LogP contribution in [0.4, 0.5) is 0 Å². The van der Waals surface area contributed by atoms with Crippen LogP contribution in [0, 0.1) is 11.5 Å². The predicted molar refractivity (Wildman–Crippen MR) is 61.6 cm³/mol. The minimum absolute atomic E-state index is 0.640. The maximum absolute atomic E-state index is 8.83. The fraction of sp³-hybridized carbons (Fsp3) is 0.750. The van der Waals surface area contributed by atoms with Crippen LogP contribution in [0.2, 0.25) is 0 Å². The van der Waals surface area contributed by atoms with E-state index in [1.165, 1.54) is 11.2 Å². The zero-order chi connectivity index (χ0) is 11.5. The monoisotopic (exact) mass is 268 g/mol. The van der Waals surface area contributed by atoms with Gasteiger partial charge < -0.3 is 0 Å². The molecule has 0 saturated heterocycles. The van der Waals surface area contributed by atoms with Crippen molar-refractivity contribution in [2.45, 2.75) is 29.7 Å². The summed E-state index contributed by atoms with van der Waals surface area (Å²) in [7, 11) is 0. The van der Waals surface area contributed by atoms with Gasteiger partial charge in [-0.2, -0.15) is 10.4 Å². The molecule has 1 atom stereocenters. The lowest BCUT2D eigenvalue weighted by molar-refractivity contribution is 0.162. The Kier molecular flexibility index (Phi) is 4.32. The Labute approximate surface area is 104 Å². The van der Waals surface area contributed by atoms with Crippen molar-refractivity contribution < 1.29 is 0 Å². The van der Waals surface area contributed by atoms with Gasteiger partial charge in [-0.25, -0.2) is 4.90 Å². The lowest BCUT2D eigenvalue weighted by atomic mass is 10.3. The largest absolute Gasteiger partial charge is 0.268 e. The van der Waals surface area contributed by atoms with E-state index in [1.54, 1.807) is 5.01 Å². The number of unbranched alkanes of at least 4 members (excludes halogenated alkanes) is 1. The number of rotatable bonds is 3. The second-order valence-corrected chi connectivity index (χ2v) is 5.54. The van der Waals surface area contributed by atoms with Crippen molar-refractivity contribution in [2.75, 3.05) is 6.54 Å². The zero-order valence-corrected chi connectivity index (χ0v) is 10.5. The SMILES string of the molecule is CCCCN1N=CN(C#N)C1C(Cl)(Cl)Cl. The average molecular weight is 270 g/mol. The first-order chi connectivity index (χ1) is 7.00. The summed E-state index contributed by atoms with van der Waals surface area (Å²) in [5.41, 5.74) is 0. The highest BCUT2D eigenvalue weighted by Crippen LogP contribution is 2.36. The van der Waals surface area contributed by atoms with Crippen molar-refractivity contribution in [3.63, 3.8) is 0 Å². The molecule has 0 aliphatic carbocycles. The smallest absolute Gasteiger partial charge is 0.231 e. The molecule has 1 aliphatic heterocycles. The number of halogens is 3. The zero-order valence-electron chi connectivity index (χ0n) is 8.20. The Bertz CT molecular complexity index is 281. The summed E-state index contributed by atoms with van der Waals surface area (Å²) in [6.45, 7) is 2.73. The van der Waals surface area contributed by atoms with Gasteiger partial charge in [-0.3, -0.25) is 5.01 Å². The van der Waals surface area contributed by atoms with Crippen LogP contribution < -0.4 is 0 Å². The first-order valence-corrected chi connectivity index (χ1v) is 5.69. The van der Waals surface area contributed by atoms with E-state index < -0.39 is 9.96 Å². The van der Waals surface area contributed by atoms with Gasteiger partial charge in [-0.05, 0) is 6.42 Å². The molecule has 0 radical (unpaired) electrons. The van der Waals surface area contributed by atoms with Crippen LogP contribution in [0.25, 0.3) is 0 Å². The van der Waals surface area contributed by atoms with E-state index >= 15 is 0 Å². The first-order valence-electron chi connectivity index (χ1n) is 4.56. The fourth-order valence-electron chi connectivity index (χ4n) is 1.30. The number of nitrogens with zero attached hydrogens (tertiary/aromatic N) is 4. The summed E-state index contributed by atoms with van der Waals surface area (Å²) in [6.07, 6.45) is 4.61. The Balaban J connectivity index is 2.73. The van der Waals surface area contributed by atoms with Crippen molar-refractivity contribution in [3.05, 3.63) is 0 Å².